The summed E-state index contributed by atoms with van der Waals surface area (Å²) in [5, 5.41) is 2.67. The number of allylic oxidation sites excluding steroid dienone is 10. The fraction of sp³-hybridized carbons (Fsp3) is 0.730. The van der Waals surface area contributed by atoms with Crippen LogP contribution in [0.2, 0.25) is 104 Å². The van der Waals surface area contributed by atoms with Crippen LogP contribution in [0, 0.1) is 70.6 Å². The van der Waals surface area contributed by atoms with Crippen LogP contribution >= 0.6 is 0 Å². The highest BCUT2D eigenvalue weighted by atomic mass is 28.4. The molecule has 0 fully saturated rings. The van der Waals surface area contributed by atoms with E-state index in [0.717, 1.165) is 11.8 Å². The Morgan fingerprint density at radius 3 is 0.515 bits per heavy atom. The average Bonchev–Trinajstić information content (AvgIpc) is 0.840. The summed E-state index contributed by atoms with van der Waals surface area (Å²) < 4.78 is 24.4. The summed E-state index contributed by atoms with van der Waals surface area (Å²) in [4.78, 5) is 0. The van der Waals surface area contributed by atoms with Crippen LogP contribution in [0.1, 0.15) is 469 Å². The zero-order valence-electron chi connectivity index (χ0n) is 84.7. The Hall–Kier alpha value is -3.72. The van der Waals surface area contributed by atoms with E-state index in [0.29, 0.717) is 5.41 Å². The quantitative estimate of drug-likeness (QED) is 0.109. The summed E-state index contributed by atoms with van der Waals surface area (Å²) in [7, 11) is 4.99. The molecule has 4 aromatic rings. The van der Waals surface area contributed by atoms with E-state index in [1.807, 2.05) is 66.8 Å². The minimum atomic E-state index is -1.65. The van der Waals surface area contributed by atoms with Gasteiger partial charge in [-0.15, -0.1) is 11.8 Å². The van der Waals surface area contributed by atoms with E-state index in [1.165, 1.54) is 96.5 Å². The number of rotatable bonds is 6. The van der Waals surface area contributed by atoms with Crippen molar-refractivity contribution < 1.29 is 22.4 Å². The van der Waals surface area contributed by atoms with Gasteiger partial charge in [-0.3, -0.25) is 0 Å². The molecule has 0 aliphatic heterocycles. The van der Waals surface area contributed by atoms with Gasteiger partial charge in [0.05, 0.1) is 0 Å². The first kappa shape index (κ1) is 286. The second kappa shape index (κ2) is 190. The van der Waals surface area contributed by atoms with Crippen LogP contribution in [0.15, 0.2) is 143 Å². The lowest BCUT2D eigenvalue weighted by Gasteiger charge is -2.15. The lowest BCUT2D eigenvalue weighted by molar-refractivity contribution is 0.258. The van der Waals surface area contributed by atoms with Crippen LogP contribution in [0.4, 0.5) is 0 Å². The van der Waals surface area contributed by atoms with Gasteiger partial charge in [-0.25, -0.2) is 0 Å². The third-order valence-electron chi connectivity index (χ3n) is 12.4. The van der Waals surface area contributed by atoms with Gasteiger partial charge in [-0.2, -0.15) is 0 Å². The predicted molar refractivity (Wildman–Crippen MR) is 718 cm³/mol. The highest BCUT2D eigenvalue weighted by molar-refractivity contribution is 6.76. The summed E-state index contributed by atoms with van der Waals surface area (Å²) in [6.07, 6.45) is 10.7. The number of hydrogen-bond donors (Lipinski definition) is 0. The lowest BCUT2D eigenvalue weighted by Crippen LogP contribution is -2.31. The molecule has 0 bridgehead atoms. The first-order valence-corrected chi connectivity index (χ1v) is 57.4. The van der Waals surface area contributed by atoms with E-state index in [1.54, 1.807) is 42.7 Å². The van der Waals surface area contributed by atoms with Gasteiger partial charge in [-0.05, 0) is 247 Å². The SMILES string of the molecule is C.C.C.C.C.C.C.C.C.C.C.C.C.C.C.C.C.C.C.C.C.C.C.C.C.C.C.C.CC#CC.CC(C)(C)C.CC(C)=C(C)C.CC(C)=C(C)C.CC(C)C.CC=C(C)C.CC=C(C)C.CC=CC.CCC.CCC(C)C.CC[Si](C)(C)C.COC.CO[Si](C)(C)C.CO[Si](C)(C)C.CO[Si](C)(C)OC.C[Si](C)(C)C.Cc1ccc(C)cc1.Cc1ccc2cc(C)ccc2c1.Cc1cccc(C)c1. The topological polar surface area (TPSA) is 46.2 Å². The van der Waals surface area contributed by atoms with E-state index in [9.17, 15) is 0 Å². The van der Waals surface area contributed by atoms with Crippen LogP contribution in [0.3, 0.4) is 0 Å². The molecule has 136 heavy (non-hydrogen) atoms. The first-order valence-electron chi connectivity index (χ1n) is 40.1. The number of fused-ring (bicyclic) bond motifs is 1. The number of hydrogen-bond acceptors (Lipinski definition) is 5. The number of methoxy groups -OCH3 is 1. The fourth-order valence-corrected chi connectivity index (χ4v) is 3.18. The molecule has 0 aliphatic carbocycles. The maximum atomic E-state index is 5.08. The Bertz CT molecular complexity index is 2460. The summed E-state index contributed by atoms with van der Waals surface area (Å²) in [5.74, 6) is 7.08. The monoisotopic (exact) mass is 2050 g/mol. The van der Waals surface area contributed by atoms with Crippen molar-refractivity contribution in [2.24, 2.45) is 17.3 Å². The van der Waals surface area contributed by atoms with Crippen molar-refractivity contribution in [3.05, 3.63) is 176 Å². The number of aryl methyl sites for hydroxylation is 6. The summed E-state index contributed by atoms with van der Waals surface area (Å²) in [6, 6.07) is 31.4. The zero-order valence-corrected chi connectivity index (χ0v) is 89.7. The smallest absolute Gasteiger partial charge is 0.331 e. The summed E-state index contributed by atoms with van der Waals surface area (Å²) in [6.45, 7) is 111. The largest absolute Gasteiger partial charge is 0.421 e. The van der Waals surface area contributed by atoms with E-state index >= 15 is 0 Å². The Labute approximate surface area is 897 Å². The van der Waals surface area contributed by atoms with Crippen molar-refractivity contribution in [1.82, 2.24) is 0 Å². The molecule has 0 N–H and O–H groups in total. The van der Waals surface area contributed by atoms with Gasteiger partial charge < -0.3 is 22.4 Å². The molecule has 0 spiro atoms. The van der Waals surface area contributed by atoms with E-state index in [2.05, 4.69) is 413 Å². The van der Waals surface area contributed by atoms with Gasteiger partial charge in [0.1, 0.15) is 0 Å². The van der Waals surface area contributed by atoms with Gasteiger partial charge in [0.2, 0.25) is 0 Å². The van der Waals surface area contributed by atoms with Crippen molar-refractivity contribution in [3.63, 3.8) is 0 Å². The van der Waals surface area contributed by atoms with Gasteiger partial charge in [0, 0.05) is 58.8 Å². The highest BCUT2D eigenvalue weighted by Crippen LogP contribution is 2.17. The maximum absolute atomic E-state index is 5.08. The second-order valence-corrected chi connectivity index (χ2v) is 60.3. The van der Waals surface area contributed by atoms with Crippen molar-refractivity contribution in [2.75, 3.05) is 42.7 Å². The van der Waals surface area contributed by atoms with E-state index in [-0.39, 0.29) is 208 Å². The zero-order chi connectivity index (χ0) is 90.0. The molecule has 0 heterocycles. The van der Waals surface area contributed by atoms with E-state index in [4.69, 9.17) is 17.7 Å². The molecule has 0 amide bonds. The second-order valence-electron chi connectivity index (χ2n) is 35.6. The molecule has 0 aliphatic rings. The van der Waals surface area contributed by atoms with E-state index < -0.39 is 41.3 Å². The molecule has 0 aromatic heterocycles. The molecular formula is C126H312O5Si5. The third kappa shape index (κ3) is 454. The molecule has 0 saturated heterocycles. The molecule has 0 unspecified atom stereocenters. The third-order valence-corrected chi connectivity index (χ3v) is 18.9. The molecule has 4 rings (SSSR count). The Morgan fingerprint density at radius 1 is 0.316 bits per heavy atom. The Kier molecular flexibility index (Phi) is 400. The normalized spacial score (nSPS) is 7.59. The number of ether oxygens (including phenoxy) is 1. The van der Waals surface area contributed by atoms with Crippen LogP contribution < -0.4 is 0 Å². The van der Waals surface area contributed by atoms with Crippen molar-refractivity contribution in [2.45, 2.75) is 581 Å². The van der Waals surface area contributed by atoms with Crippen molar-refractivity contribution >= 4 is 52.1 Å². The summed E-state index contributed by atoms with van der Waals surface area (Å²) >= 11 is 0. The van der Waals surface area contributed by atoms with Gasteiger partial charge in [0.25, 0.3) is 0 Å². The van der Waals surface area contributed by atoms with Crippen molar-refractivity contribution in [1.29, 1.82) is 0 Å². The molecule has 0 atom stereocenters. The van der Waals surface area contributed by atoms with Crippen LogP contribution in [0.5, 0.6) is 0 Å². The first-order chi connectivity index (χ1) is 48.6. The predicted octanol–water partition coefficient (Wildman–Crippen LogP) is 52.8. The fourth-order valence-electron chi connectivity index (χ4n) is 3.01. The minimum absolute atomic E-state index is 0. The van der Waals surface area contributed by atoms with Gasteiger partial charge >= 0.3 is 8.56 Å². The minimum Gasteiger partial charge on any atom is -0.421 e. The molecule has 0 radical (unpaired) electrons. The molecule has 4 aromatic carbocycles. The van der Waals surface area contributed by atoms with Crippen LogP contribution in [-0.4, -0.2) is 84.0 Å². The Balaban J connectivity index is -0.0000000163. The highest BCUT2D eigenvalue weighted by Gasteiger charge is 2.19. The van der Waals surface area contributed by atoms with Gasteiger partial charge in [0.15, 0.2) is 16.6 Å². The van der Waals surface area contributed by atoms with Gasteiger partial charge in [-0.1, -0.05) is 539 Å². The molecular weight excluding hydrogens is 1730 g/mol. The molecule has 0 saturated carbocycles. The standard InChI is InChI=1S/C12H12.2C8H10.2C6H12.C5H14Si.2C5H12.2C5H10.C4H12O2Si.2C4H12OSi.C4H12Si.C4H10.C4H8.C4H6.C3H8.C2H6O.28CH4/c1-9-3-5-12-8-10(2)4-6-11(12)7-9;1-7-3-5-8(2)6-4-7;1-7-4-3-5-8(2)6-7;2*1-5(2)6(3)4;1-5-6(2,3)4;1-5(2,3)4;3*1-4-5(2)3;1-5-7(3,4)6-2;2*1-5-6(2,3)4;1-5(2,3)4;1-4(2)3;2*1-3-4-2;2*1-3-2;;;;;;;;;;;;;;;;;;;;;;;;;;;;/h3-8H,1-2H3;2*3-6H,1-2H3;2*1-4H3;5H2,1-4H3;1-4H3;5H,4H2,1-3H3;2*4H,1-3H3;1-4H3;2*1-4H3;1-4H3;4H,1-3H3;3-4H,1-2H3;1-2H3;3H2,1-2H3;1-2H3;28*1H4. The number of benzene rings is 4. The van der Waals surface area contributed by atoms with Crippen LogP contribution in [0.25, 0.3) is 10.8 Å². The average molecular weight is 2050 g/mol. The van der Waals surface area contributed by atoms with Crippen LogP contribution in [-0.2, 0) is 22.4 Å². The van der Waals surface area contributed by atoms with Crippen molar-refractivity contribution in [3.8, 4) is 11.8 Å². The maximum Gasteiger partial charge on any atom is 0.331 e. The Morgan fingerprint density at radius 2 is 0.449 bits per heavy atom. The molecule has 10 heteroatoms. The lowest BCUT2D eigenvalue weighted by atomic mass is 10.0. The summed E-state index contributed by atoms with van der Waals surface area (Å²) in [5.41, 5.74) is 16.9. The molecule has 5 nitrogen and oxygen atoms in total. The molecule has 866 valence electrons.